The Labute approximate surface area is 98.2 Å². The number of carboxylic acids is 1. The summed E-state index contributed by atoms with van der Waals surface area (Å²) >= 11 is 11.6. The summed E-state index contributed by atoms with van der Waals surface area (Å²) in [7, 11) is 1.69. The molecule has 0 aliphatic rings. The van der Waals surface area contributed by atoms with Crippen LogP contribution in [0.1, 0.15) is 6.92 Å². The molecule has 0 amide bonds. The van der Waals surface area contributed by atoms with Crippen LogP contribution in [0.25, 0.3) is 0 Å². The van der Waals surface area contributed by atoms with Crippen LogP contribution >= 0.6 is 23.2 Å². The lowest BCUT2D eigenvalue weighted by molar-refractivity contribution is -0.138. The molecule has 0 saturated carbocycles. The second kappa shape index (κ2) is 4.73. The maximum absolute atomic E-state index is 10.8. The highest BCUT2D eigenvalue weighted by Gasteiger charge is 2.17. The summed E-state index contributed by atoms with van der Waals surface area (Å²) in [5.74, 6) is -0.886. The zero-order valence-electron chi connectivity index (χ0n) is 8.37. The summed E-state index contributed by atoms with van der Waals surface area (Å²) < 4.78 is 0. The van der Waals surface area contributed by atoms with Crippen LogP contribution in [0, 0.1) is 0 Å². The summed E-state index contributed by atoms with van der Waals surface area (Å²) in [6, 6.07) is 4.41. The molecule has 0 radical (unpaired) electrons. The van der Waals surface area contributed by atoms with Gasteiger partial charge in [0.1, 0.15) is 6.04 Å². The minimum Gasteiger partial charge on any atom is -0.480 e. The summed E-state index contributed by atoms with van der Waals surface area (Å²) in [6.45, 7) is 1.60. The third-order valence-electron chi connectivity index (χ3n) is 2.25. The Bertz CT molecular complexity index is 382. The molecule has 0 bridgehead atoms. The molecule has 0 aromatic heterocycles. The van der Waals surface area contributed by atoms with Gasteiger partial charge in [0, 0.05) is 12.7 Å². The van der Waals surface area contributed by atoms with E-state index in [2.05, 4.69) is 0 Å². The van der Waals surface area contributed by atoms with Crippen molar-refractivity contribution in [3.63, 3.8) is 0 Å². The lowest BCUT2D eigenvalue weighted by atomic mass is 10.2. The van der Waals surface area contributed by atoms with E-state index in [1.165, 1.54) is 0 Å². The zero-order valence-corrected chi connectivity index (χ0v) is 9.88. The van der Waals surface area contributed by atoms with Gasteiger partial charge in [0.05, 0.1) is 10.0 Å². The molecule has 0 heterocycles. The van der Waals surface area contributed by atoms with Crippen LogP contribution in [-0.4, -0.2) is 24.2 Å². The summed E-state index contributed by atoms with van der Waals surface area (Å²) in [5, 5.41) is 9.71. The molecule has 82 valence electrons. The van der Waals surface area contributed by atoms with Crippen LogP contribution in [0.2, 0.25) is 10.0 Å². The summed E-state index contributed by atoms with van der Waals surface area (Å²) in [6.07, 6.45) is 0. The lowest BCUT2D eigenvalue weighted by Gasteiger charge is -2.23. The van der Waals surface area contributed by atoms with Crippen molar-refractivity contribution in [2.45, 2.75) is 13.0 Å². The van der Waals surface area contributed by atoms with E-state index in [1.54, 1.807) is 37.1 Å². The van der Waals surface area contributed by atoms with Crippen LogP contribution in [0.4, 0.5) is 5.69 Å². The van der Waals surface area contributed by atoms with Gasteiger partial charge in [0.2, 0.25) is 0 Å². The van der Waals surface area contributed by atoms with Crippen molar-refractivity contribution in [2.24, 2.45) is 0 Å². The number of hydrogen-bond donors (Lipinski definition) is 1. The van der Waals surface area contributed by atoms with Gasteiger partial charge in [0.15, 0.2) is 0 Å². The number of carbonyl (C=O) groups is 1. The molecule has 0 spiro atoms. The lowest BCUT2D eigenvalue weighted by Crippen LogP contribution is -2.35. The first kappa shape index (κ1) is 12.1. The molecule has 0 aliphatic carbocycles. The molecule has 1 aromatic carbocycles. The first-order valence-corrected chi connectivity index (χ1v) is 5.09. The van der Waals surface area contributed by atoms with Crippen LogP contribution in [0.5, 0.6) is 0 Å². The molecule has 0 aliphatic heterocycles. The van der Waals surface area contributed by atoms with Gasteiger partial charge in [-0.1, -0.05) is 23.2 Å². The van der Waals surface area contributed by atoms with Crippen molar-refractivity contribution in [3.8, 4) is 0 Å². The quantitative estimate of drug-likeness (QED) is 0.893. The second-order valence-corrected chi connectivity index (χ2v) is 4.04. The van der Waals surface area contributed by atoms with E-state index in [0.717, 1.165) is 5.69 Å². The zero-order chi connectivity index (χ0) is 11.6. The fraction of sp³-hybridized carbons (Fsp3) is 0.300. The van der Waals surface area contributed by atoms with Gasteiger partial charge in [-0.15, -0.1) is 0 Å². The molecule has 1 aromatic rings. The highest BCUT2D eigenvalue weighted by Crippen LogP contribution is 2.27. The average Bonchev–Trinajstić information content (AvgIpc) is 2.19. The van der Waals surface area contributed by atoms with Gasteiger partial charge in [-0.05, 0) is 25.1 Å². The first-order valence-electron chi connectivity index (χ1n) is 4.34. The molecule has 5 heteroatoms. The monoisotopic (exact) mass is 247 g/mol. The van der Waals surface area contributed by atoms with E-state index in [1.807, 2.05) is 0 Å². The highest BCUT2D eigenvalue weighted by atomic mass is 35.5. The predicted molar refractivity (Wildman–Crippen MR) is 62.0 cm³/mol. The Morgan fingerprint density at radius 1 is 1.40 bits per heavy atom. The third-order valence-corrected chi connectivity index (χ3v) is 2.99. The fourth-order valence-electron chi connectivity index (χ4n) is 1.09. The largest absolute Gasteiger partial charge is 0.480 e. The predicted octanol–water partition coefficient (Wildman–Crippen LogP) is 2.90. The van der Waals surface area contributed by atoms with Crippen molar-refractivity contribution in [2.75, 3.05) is 11.9 Å². The molecular formula is C10H11Cl2NO2. The maximum atomic E-state index is 10.8. The molecule has 1 rings (SSSR count). The molecule has 0 fully saturated rings. The number of halogens is 2. The number of aliphatic carboxylic acids is 1. The topological polar surface area (TPSA) is 40.5 Å². The Morgan fingerprint density at radius 2 is 2.00 bits per heavy atom. The van der Waals surface area contributed by atoms with E-state index >= 15 is 0 Å². The van der Waals surface area contributed by atoms with Crippen molar-refractivity contribution in [1.82, 2.24) is 0 Å². The summed E-state index contributed by atoms with van der Waals surface area (Å²) in [5.41, 5.74) is 0.722. The number of carboxylic acid groups (broad SMARTS) is 1. The molecule has 0 saturated heterocycles. The van der Waals surface area contributed by atoms with Gasteiger partial charge in [-0.2, -0.15) is 0 Å². The van der Waals surface area contributed by atoms with Crippen molar-refractivity contribution >= 4 is 34.9 Å². The Kier molecular flexibility index (Phi) is 3.83. The molecule has 3 nitrogen and oxygen atoms in total. The first-order chi connectivity index (χ1) is 6.93. The van der Waals surface area contributed by atoms with E-state index < -0.39 is 12.0 Å². The smallest absolute Gasteiger partial charge is 0.326 e. The van der Waals surface area contributed by atoms with E-state index in [4.69, 9.17) is 28.3 Å². The van der Waals surface area contributed by atoms with Gasteiger partial charge in [-0.3, -0.25) is 0 Å². The highest BCUT2D eigenvalue weighted by molar-refractivity contribution is 6.42. The van der Waals surface area contributed by atoms with Gasteiger partial charge in [-0.25, -0.2) is 4.79 Å². The molecule has 1 N–H and O–H groups in total. The van der Waals surface area contributed by atoms with Crippen molar-refractivity contribution < 1.29 is 9.90 Å². The van der Waals surface area contributed by atoms with Crippen LogP contribution in [-0.2, 0) is 4.79 Å². The normalized spacial score (nSPS) is 12.3. The maximum Gasteiger partial charge on any atom is 0.326 e. The van der Waals surface area contributed by atoms with Crippen LogP contribution in [0.3, 0.4) is 0 Å². The van der Waals surface area contributed by atoms with Gasteiger partial charge < -0.3 is 10.0 Å². The average molecular weight is 248 g/mol. The van der Waals surface area contributed by atoms with Gasteiger partial charge in [0.25, 0.3) is 0 Å². The van der Waals surface area contributed by atoms with Crippen molar-refractivity contribution in [1.29, 1.82) is 0 Å². The number of rotatable bonds is 3. The number of benzene rings is 1. The SMILES string of the molecule is CC(C(=O)O)N(C)c1ccc(Cl)c(Cl)c1. The molecule has 1 unspecified atom stereocenters. The van der Waals surface area contributed by atoms with E-state index in [-0.39, 0.29) is 0 Å². The standard InChI is InChI=1S/C10H11Cl2NO2/c1-6(10(14)15)13(2)7-3-4-8(11)9(12)5-7/h3-6H,1-2H3,(H,14,15). The van der Waals surface area contributed by atoms with Crippen LogP contribution in [0.15, 0.2) is 18.2 Å². The number of nitrogens with zero attached hydrogens (tertiary/aromatic N) is 1. The minimum absolute atomic E-state index is 0.415. The fourth-order valence-corrected chi connectivity index (χ4v) is 1.39. The number of hydrogen-bond acceptors (Lipinski definition) is 2. The van der Waals surface area contributed by atoms with E-state index in [9.17, 15) is 4.79 Å². The Morgan fingerprint density at radius 3 is 2.47 bits per heavy atom. The second-order valence-electron chi connectivity index (χ2n) is 3.22. The molecule has 15 heavy (non-hydrogen) atoms. The third kappa shape index (κ3) is 2.76. The molecule has 1 atom stereocenters. The Hall–Kier alpha value is -0.930. The van der Waals surface area contributed by atoms with Gasteiger partial charge >= 0.3 is 5.97 Å². The summed E-state index contributed by atoms with van der Waals surface area (Å²) in [4.78, 5) is 12.4. The Balaban J connectivity index is 2.96. The van der Waals surface area contributed by atoms with Crippen molar-refractivity contribution in [3.05, 3.63) is 28.2 Å². The number of likely N-dealkylation sites (N-methyl/N-ethyl adjacent to an activating group) is 1. The number of anilines is 1. The minimum atomic E-state index is -0.886. The van der Waals surface area contributed by atoms with Crippen LogP contribution < -0.4 is 4.90 Å². The molecular weight excluding hydrogens is 237 g/mol. The van der Waals surface area contributed by atoms with E-state index in [0.29, 0.717) is 10.0 Å².